The van der Waals surface area contributed by atoms with Crippen molar-refractivity contribution in [3.63, 3.8) is 0 Å². The summed E-state index contributed by atoms with van der Waals surface area (Å²) in [4.78, 5) is 15.2. The lowest BCUT2D eigenvalue weighted by Crippen LogP contribution is -2.37. The first-order valence-corrected chi connectivity index (χ1v) is 6.25. The van der Waals surface area contributed by atoms with Gasteiger partial charge in [-0.3, -0.25) is 18.2 Å². The smallest absolute Gasteiger partial charge is 0.351 e. The highest BCUT2D eigenvalue weighted by Gasteiger charge is 2.30. The Hall–Kier alpha value is -1.25. The van der Waals surface area contributed by atoms with E-state index >= 15 is 0 Å². The van der Waals surface area contributed by atoms with Crippen LogP contribution in [0.2, 0.25) is 0 Å². The van der Waals surface area contributed by atoms with Gasteiger partial charge in [-0.05, 0) is 6.07 Å². The quantitative estimate of drug-likeness (QED) is 0.666. The van der Waals surface area contributed by atoms with Gasteiger partial charge >= 0.3 is 13.9 Å². The molecule has 0 saturated carbocycles. The largest absolute Gasteiger partial charge is 0.393 e. The standard InChI is InChI=1S/C8H12N3O6P/c9-6-1-2-11(8(13)10-6)7-5(3-12)15-4-16-18(14)17-7/h1-2,5,7,12,18H,3-4H2,(H2,9,10,13)/t5?,7-/m0/s1. The van der Waals surface area contributed by atoms with E-state index in [-0.39, 0.29) is 12.6 Å². The number of rotatable bonds is 2. The van der Waals surface area contributed by atoms with E-state index < -0.39 is 32.9 Å². The number of aliphatic hydroxyl groups excluding tert-OH is 1. The fourth-order valence-electron chi connectivity index (χ4n) is 1.46. The normalized spacial score (nSPS) is 28.8. The average molecular weight is 277 g/mol. The van der Waals surface area contributed by atoms with Crippen LogP contribution in [0.3, 0.4) is 0 Å². The van der Waals surface area contributed by atoms with Crippen LogP contribution in [0.4, 0.5) is 5.82 Å². The van der Waals surface area contributed by atoms with Gasteiger partial charge in [0.25, 0.3) is 0 Å². The molecule has 2 unspecified atom stereocenters. The summed E-state index contributed by atoms with van der Waals surface area (Å²) >= 11 is 0. The van der Waals surface area contributed by atoms with Crippen molar-refractivity contribution in [2.75, 3.05) is 19.1 Å². The van der Waals surface area contributed by atoms with Gasteiger partial charge < -0.3 is 15.6 Å². The third-order valence-corrected chi connectivity index (χ3v) is 3.09. The summed E-state index contributed by atoms with van der Waals surface area (Å²) in [7, 11) is -2.80. The van der Waals surface area contributed by atoms with E-state index in [1.54, 1.807) is 0 Å². The van der Waals surface area contributed by atoms with Gasteiger partial charge in [0, 0.05) is 6.20 Å². The van der Waals surface area contributed by atoms with Crippen molar-refractivity contribution in [1.29, 1.82) is 0 Å². The van der Waals surface area contributed by atoms with Crippen molar-refractivity contribution < 1.29 is 23.5 Å². The molecule has 1 aliphatic rings. The zero-order chi connectivity index (χ0) is 13.1. The van der Waals surface area contributed by atoms with Gasteiger partial charge in [-0.15, -0.1) is 0 Å². The summed E-state index contributed by atoms with van der Waals surface area (Å²) in [5.74, 6) is 0.0511. The van der Waals surface area contributed by atoms with Crippen molar-refractivity contribution >= 4 is 14.1 Å². The third-order valence-electron chi connectivity index (χ3n) is 2.30. The molecule has 1 aromatic rings. The third kappa shape index (κ3) is 2.77. The van der Waals surface area contributed by atoms with Crippen LogP contribution in [0.15, 0.2) is 17.1 Å². The van der Waals surface area contributed by atoms with Gasteiger partial charge in [0.1, 0.15) is 11.9 Å². The lowest BCUT2D eigenvalue weighted by Gasteiger charge is -2.22. The molecule has 2 rings (SSSR count). The molecule has 3 N–H and O–H groups in total. The second-order valence-electron chi connectivity index (χ2n) is 3.45. The summed E-state index contributed by atoms with van der Waals surface area (Å²) < 4.78 is 27.2. The first-order chi connectivity index (χ1) is 8.61. The minimum absolute atomic E-state index is 0.0511. The number of aliphatic hydroxyl groups is 1. The molecule has 18 heavy (non-hydrogen) atoms. The predicted molar refractivity (Wildman–Crippen MR) is 59.9 cm³/mol. The van der Waals surface area contributed by atoms with Crippen molar-refractivity contribution in [1.82, 2.24) is 9.55 Å². The number of anilines is 1. The molecule has 0 aromatic carbocycles. The van der Waals surface area contributed by atoms with E-state index in [1.165, 1.54) is 12.3 Å². The van der Waals surface area contributed by atoms with E-state index in [2.05, 4.69) is 9.51 Å². The van der Waals surface area contributed by atoms with Crippen LogP contribution < -0.4 is 11.4 Å². The molecule has 1 fully saturated rings. The van der Waals surface area contributed by atoms with Crippen LogP contribution >= 0.6 is 8.25 Å². The van der Waals surface area contributed by atoms with E-state index in [0.29, 0.717) is 0 Å². The highest BCUT2D eigenvalue weighted by atomic mass is 31.1. The topological polar surface area (TPSA) is 126 Å². The average Bonchev–Trinajstić information content (AvgIpc) is 2.50. The lowest BCUT2D eigenvalue weighted by molar-refractivity contribution is -0.0923. The zero-order valence-electron chi connectivity index (χ0n) is 9.18. The number of ether oxygens (including phenoxy) is 1. The summed E-state index contributed by atoms with van der Waals surface area (Å²) in [6.45, 7) is -0.712. The van der Waals surface area contributed by atoms with E-state index in [0.717, 1.165) is 4.57 Å². The van der Waals surface area contributed by atoms with Gasteiger partial charge in [0.15, 0.2) is 13.0 Å². The molecule has 100 valence electrons. The minimum atomic E-state index is -2.80. The molecule has 2 heterocycles. The molecule has 3 atom stereocenters. The fraction of sp³-hybridized carbons (Fsp3) is 0.500. The zero-order valence-corrected chi connectivity index (χ0v) is 10.2. The molecule has 10 heteroatoms. The van der Waals surface area contributed by atoms with Gasteiger partial charge in [-0.1, -0.05) is 0 Å². The Kier molecular flexibility index (Phi) is 4.10. The van der Waals surface area contributed by atoms with Gasteiger partial charge in [-0.2, -0.15) is 4.98 Å². The molecule has 1 saturated heterocycles. The SMILES string of the molecule is Nc1ccn([C@H]2O[PH](=O)OCOC2CO)c(=O)n1. The maximum absolute atomic E-state index is 11.6. The number of nitrogen functional groups attached to an aromatic ring is 1. The summed E-state index contributed by atoms with van der Waals surface area (Å²) in [5.41, 5.74) is 4.66. The van der Waals surface area contributed by atoms with Crippen LogP contribution in [0.1, 0.15) is 6.23 Å². The van der Waals surface area contributed by atoms with E-state index in [1.807, 2.05) is 0 Å². The predicted octanol–water partition coefficient (Wildman–Crippen LogP) is -0.904. The highest BCUT2D eigenvalue weighted by Crippen LogP contribution is 2.35. The van der Waals surface area contributed by atoms with Crippen molar-refractivity contribution in [2.45, 2.75) is 12.3 Å². The fourth-order valence-corrected chi connectivity index (χ4v) is 2.15. The number of hydrogen-bond donors (Lipinski definition) is 2. The minimum Gasteiger partial charge on any atom is -0.393 e. The molecule has 0 radical (unpaired) electrons. The summed E-state index contributed by atoms with van der Waals surface area (Å²) in [5, 5.41) is 9.17. The molecule has 0 aliphatic carbocycles. The van der Waals surface area contributed by atoms with Crippen molar-refractivity contribution in [2.24, 2.45) is 0 Å². The molecule has 1 aromatic heterocycles. The maximum atomic E-state index is 11.6. The number of nitrogens with two attached hydrogens (primary N) is 1. The Labute approximate surface area is 102 Å². The Balaban J connectivity index is 2.37. The van der Waals surface area contributed by atoms with Crippen LogP contribution in [0.5, 0.6) is 0 Å². The van der Waals surface area contributed by atoms with Crippen LogP contribution in [0.25, 0.3) is 0 Å². The van der Waals surface area contributed by atoms with Gasteiger partial charge in [0.05, 0.1) is 6.61 Å². The first-order valence-electron chi connectivity index (χ1n) is 5.02. The molecular formula is C8H12N3O6P. The second-order valence-corrected chi connectivity index (χ2v) is 4.47. The lowest BCUT2D eigenvalue weighted by atomic mass is 10.3. The van der Waals surface area contributed by atoms with E-state index in [9.17, 15) is 9.36 Å². The molecule has 1 aliphatic heterocycles. The summed E-state index contributed by atoms with van der Waals surface area (Å²) in [6.07, 6.45) is -0.643. The molecule has 0 spiro atoms. The van der Waals surface area contributed by atoms with Gasteiger partial charge in [-0.25, -0.2) is 4.79 Å². The van der Waals surface area contributed by atoms with Crippen LogP contribution in [0, 0.1) is 0 Å². The number of hydrogen-bond acceptors (Lipinski definition) is 8. The Morgan fingerprint density at radius 1 is 1.67 bits per heavy atom. The van der Waals surface area contributed by atoms with Crippen molar-refractivity contribution in [3.05, 3.63) is 22.7 Å². The number of aromatic nitrogens is 2. The first kappa shape index (κ1) is 13.2. The molecule has 0 bridgehead atoms. The van der Waals surface area contributed by atoms with Crippen LogP contribution in [-0.2, 0) is 18.3 Å². The maximum Gasteiger partial charge on any atom is 0.351 e. The highest BCUT2D eigenvalue weighted by molar-refractivity contribution is 7.33. The monoisotopic (exact) mass is 277 g/mol. The molecular weight excluding hydrogens is 265 g/mol. The molecule has 9 nitrogen and oxygen atoms in total. The van der Waals surface area contributed by atoms with Crippen LogP contribution in [-0.4, -0.2) is 34.2 Å². The Morgan fingerprint density at radius 2 is 2.44 bits per heavy atom. The number of nitrogens with zero attached hydrogens (tertiary/aromatic N) is 2. The molecule has 0 amide bonds. The van der Waals surface area contributed by atoms with E-state index in [4.69, 9.17) is 20.1 Å². The Morgan fingerprint density at radius 3 is 3.11 bits per heavy atom. The van der Waals surface area contributed by atoms with Crippen molar-refractivity contribution in [3.8, 4) is 0 Å². The Bertz CT molecular complexity index is 506. The summed E-state index contributed by atoms with van der Waals surface area (Å²) in [6, 6.07) is 1.38. The van der Waals surface area contributed by atoms with Gasteiger partial charge in [0.2, 0.25) is 0 Å². The second kappa shape index (κ2) is 5.59.